The number of rotatable bonds is 8. The first kappa shape index (κ1) is 29.7. The Morgan fingerprint density at radius 1 is 1.13 bits per heavy atom. The number of hydrogen-bond donors (Lipinski definition) is 0. The number of amides is 1. The van der Waals surface area contributed by atoms with E-state index >= 15 is 4.39 Å². The fraction of sp³-hybridized carbons (Fsp3) is 0.242. The monoisotopic (exact) mass is 641 g/mol. The van der Waals surface area contributed by atoms with Crippen LogP contribution in [0.3, 0.4) is 0 Å². The first-order valence-electron chi connectivity index (χ1n) is 14.6. The number of aromatic nitrogens is 6. The molecule has 0 spiro atoms. The third-order valence-electron chi connectivity index (χ3n) is 8.25. The van der Waals surface area contributed by atoms with Crippen molar-refractivity contribution < 1.29 is 23.0 Å². The fourth-order valence-corrected chi connectivity index (χ4v) is 6.94. The minimum Gasteiger partial charge on any atom is -0.490 e. The number of ether oxygens (including phenoxy) is 2. The van der Waals surface area contributed by atoms with E-state index in [0.717, 1.165) is 38.4 Å². The number of benzene rings is 1. The molecule has 0 unspecified atom stereocenters. The number of hydrogen-bond acceptors (Lipinski definition) is 8. The van der Waals surface area contributed by atoms with E-state index in [2.05, 4.69) is 16.7 Å². The summed E-state index contributed by atoms with van der Waals surface area (Å²) >= 11 is 1.41. The second kappa shape index (κ2) is 11.7. The molecule has 0 N–H and O–H groups in total. The molecule has 1 aromatic carbocycles. The Bertz CT molecular complexity index is 2150. The predicted molar refractivity (Wildman–Crippen MR) is 171 cm³/mol. The summed E-state index contributed by atoms with van der Waals surface area (Å²) in [6.07, 6.45) is 4.74. The van der Waals surface area contributed by atoms with E-state index in [1.165, 1.54) is 30.6 Å². The van der Waals surface area contributed by atoms with Gasteiger partial charge in [-0.2, -0.15) is 10.2 Å². The van der Waals surface area contributed by atoms with Gasteiger partial charge in [0.1, 0.15) is 40.9 Å². The molecule has 0 aliphatic carbocycles. The van der Waals surface area contributed by atoms with Crippen molar-refractivity contribution in [1.82, 2.24) is 34.4 Å². The second-order valence-electron chi connectivity index (χ2n) is 10.9. The maximum absolute atomic E-state index is 16.0. The Kier molecular flexibility index (Phi) is 7.57. The van der Waals surface area contributed by atoms with Crippen LogP contribution in [-0.4, -0.2) is 67.2 Å². The van der Waals surface area contributed by atoms with Gasteiger partial charge in [-0.3, -0.25) is 19.1 Å². The molecule has 13 heteroatoms. The van der Waals surface area contributed by atoms with Crippen LogP contribution in [0.15, 0.2) is 60.8 Å². The van der Waals surface area contributed by atoms with Gasteiger partial charge in [-0.05, 0) is 36.6 Å². The average molecular weight is 642 g/mol. The summed E-state index contributed by atoms with van der Waals surface area (Å²) in [6, 6.07) is 7.49. The van der Waals surface area contributed by atoms with Crippen LogP contribution in [0.4, 0.5) is 8.78 Å². The number of carbonyl (C=O) groups excluding carboxylic acids is 1. The lowest BCUT2D eigenvalue weighted by atomic mass is 9.96. The smallest absolute Gasteiger partial charge is 0.246 e. The number of aryl methyl sites for hydroxylation is 1. The zero-order chi connectivity index (χ0) is 32.1. The molecule has 1 aliphatic heterocycles. The van der Waals surface area contributed by atoms with E-state index < -0.39 is 11.6 Å². The molecule has 0 bridgehead atoms. The van der Waals surface area contributed by atoms with Crippen molar-refractivity contribution >= 4 is 38.4 Å². The molecule has 7 rings (SSSR count). The molecule has 1 amide bonds. The summed E-state index contributed by atoms with van der Waals surface area (Å²) in [5.41, 5.74) is 5.08. The van der Waals surface area contributed by atoms with Gasteiger partial charge in [-0.1, -0.05) is 6.58 Å². The minimum atomic E-state index is -0.795. The predicted octanol–water partition coefficient (Wildman–Crippen LogP) is 6.17. The van der Waals surface area contributed by atoms with E-state index in [0.29, 0.717) is 35.7 Å². The summed E-state index contributed by atoms with van der Waals surface area (Å²) in [7, 11) is 3.37. The van der Waals surface area contributed by atoms with Crippen molar-refractivity contribution in [1.29, 1.82) is 0 Å². The number of methoxy groups -OCH3 is 1. The van der Waals surface area contributed by atoms with Crippen molar-refractivity contribution in [2.75, 3.05) is 26.9 Å². The van der Waals surface area contributed by atoms with Crippen molar-refractivity contribution in [2.45, 2.75) is 19.5 Å². The zero-order valence-corrected chi connectivity index (χ0v) is 26.1. The first-order chi connectivity index (χ1) is 22.3. The van der Waals surface area contributed by atoms with Crippen LogP contribution in [-0.2, 0) is 23.1 Å². The summed E-state index contributed by atoms with van der Waals surface area (Å²) < 4.78 is 46.0. The topological polar surface area (TPSA) is 100 Å². The minimum absolute atomic E-state index is 0.0260. The van der Waals surface area contributed by atoms with E-state index in [4.69, 9.17) is 19.6 Å². The number of halogens is 2. The fourth-order valence-electron chi connectivity index (χ4n) is 6.00. The summed E-state index contributed by atoms with van der Waals surface area (Å²) in [4.78, 5) is 24.1. The van der Waals surface area contributed by atoms with Crippen LogP contribution < -0.4 is 4.74 Å². The van der Waals surface area contributed by atoms with Crippen LogP contribution in [0.2, 0.25) is 0 Å². The van der Waals surface area contributed by atoms with Crippen LogP contribution in [0.5, 0.6) is 5.75 Å². The Morgan fingerprint density at radius 2 is 1.98 bits per heavy atom. The van der Waals surface area contributed by atoms with Crippen molar-refractivity contribution in [3.05, 3.63) is 78.1 Å². The molecule has 6 aromatic rings. The van der Waals surface area contributed by atoms with Gasteiger partial charge in [0.25, 0.3) is 0 Å². The normalized spacial score (nSPS) is 14.6. The molecule has 0 saturated heterocycles. The van der Waals surface area contributed by atoms with Gasteiger partial charge in [0, 0.05) is 60.2 Å². The molecule has 6 heterocycles. The van der Waals surface area contributed by atoms with Gasteiger partial charge >= 0.3 is 0 Å². The first-order valence-corrected chi connectivity index (χ1v) is 15.5. The van der Waals surface area contributed by atoms with Gasteiger partial charge in [0.15, 0.2) is 0 Å². The van der Waals surface area contributed by atoms with E-state index in [-0.39, 0.29) is 36.5 Å². The molecular formula is C33H29F2N7O3S. The van der Waals surface area contributed by atoms with Gasteiger partial charge in [0.2, 0.25) is 5.91 Å². The molecule has 1 aliphatic rings. The maximum Gasteiger partial charge on any atom is 0.246 e. The Hall–Kier alpha value is -5.01. The average Bonchev–Trinajstić information content (AvgIpc) is 3.80. The van der Waals surface area contributed by atoms with Gasteiger partial charge in [0.05, 0.1) is 47.9 Å². The molecule has 5 aromatic heterocycles. The quantitative estimate of drug-likeness (QED) is 0.145. The molecule has 234 valence electrons. The number of carbonyl (C=O) groups is 1. The molecular weight excluding hydrogens is 612 g/mol. The van der Waals surface area contributed by atoms with E-state index in [1.807, 2.05) is 42.2 Å². The second-order valence-corrected chi connectivity index (χ2v) is 11.9. The van der Waals surface area contributed by atoms with Crippen molar-refractivity contribution in [2.24, 2.45) is 7.05 Å². The number of thiophene rings is 1. The molecule has 0 radical (unpaired) electrons. The highest BCUT2D eigenvalue weighted by Crippen LogP contribution is 2.47. The third-order valence-corrected chi connectivity index (χ3v) is 9.19. The lowest BCUT2D eigenvalue weighted by Crippen LogP contribution is -2.40. The van der Waals surface area contributed by atoms with E-state index in [1.54, 1.807) is 22.0 Å². The highest BCUT2D eigenvalue weighted by atomic mass is 32.1. The SMILES string of the molecule is C=CC(=O)N1CCn2nc(-c3nc(-c4cnc5cnn(C)c5c4)c4ccsc4c3-c3c(F)cc(F)cc3OCCOC)cc2[C@H]1C. The standard InChI is InChI=1S/C33H29F2N7O3S/c1-5-28(43)41-7-8-42-25(18(41)2)15-23(39-42)32-30(29-22(35)13-20(34)14-27(29)45-10-9-44-4)33-21(6-11-46-33)31(38-32)19-12-26-24(36-16-19)17-37-40(26)3/h5-6,11-18H,1,7-10H2,2-4H3/t18-/m1/s1. The van der Waals surface area contributed by atoms with E-state index in [9.17, 15) is 9.18 Å². The number of pyridine rings is 2. The highest BCUT2D eigenvalue weighted by molar-refractivity contribution is 7.18. The maximum atomic E-state index is 16.0. The van der Waals surface area contributed by atoms with Gasteiger partial charge in [-0.25, -0.2) is 13.8 Å². The Balaban J connectivity index is 1.51. The van der Waals surface area contributed by atoms with Crippen molar-refractivity contribution in [3.63, 3.8) is 0 Å². The van der Waals surface area contributed by atoms with Gasteiger partial charge in [-0.15, -0.1) is 11.3 Å². The van der Waals surface area contributed by atoms with Crippen LogP contribution in [0.1, 0.15) is 18.7 Å². The van der Waals surface area contributed by atoms with Crippen LogP contribution >= 0.6 is 11.3 Å². The van der Waals surface area contributed by atoms with Crippen molar-refractivity contribution in [3.8, 4) is 39.5 Å². The third kappa shape index (κ3) is 4.92. The Morgan fingerprint density at radius 3 is 2.78 bits per heavy atom. The summed E-state index contributed by atoms with van der Waals surface area (Å²) in [5.74, 6) is -1.71. The largest absolute Gasteiger partial charge is 0.490 e. The number of fused-ring (bicyclic) bond motifs is 3. The van der Waals surface area contributed by atoms with Crippen LogP contribution in [0.25, 0.3) is 54.9 Å². The molecule has 0 fully saturated rings. The highest BCUT2D eigenvalue weighted by Gasteiger charge is 2.31. The van der Waals surface area contributed by atoms with Gasteiger partial charge < -0.3 is 14.4 Å². The lowest BCUT2D eigenvalue weighted by Gasteiger charge is -2.33. The molecule has 0 saturated carbocycles. The zero-order valence-electron chi connectivity index (χ0n) is 25.3. The summed E-state index contributed by atoms with van der Waals surface area (Å²) in [5, 5.41) is 11.9. The number of nitrogens with zero attached hydrogens (tertiary/aromatic N) is 7. The van der Waals surface area contributed by atoms with Crippen LogP contribution in [0, 0.1) is 11.6 Å². The lowest BCUT2D eigenvalue weighted by molar-refractivity contribution is -0.129. The Labute approximate surface area is 266 Å². The molecule has 1 atom stereocenters. The summed E-state index contributed by atoms with van der Waals surface area (Å²) in [6.45, 7) is 6.79. The molecule has 10 nitrogen and oxygen atoms in total. The molecule has 46 heavy (non-hydrogen) atoms.